The smallest absolute Gasteiger partial charge is 0.329 e. The van der Waals surface area contributed by atoms with E-state index >= 15 is 0 Å². The first-order valence-corrected chi connectivity index (χ1v) is 8.30. The van der Waals surface area contributed by atoms with E-state index in [-0.39, 0.29) is 18.2 Å². The molecule has 7 nitrogen and oxygen atoms in total. The van der Waals surface area contributed by atoms with Gasteiger partial charge in [-0.3, -0.25) is 14.4 Å². The molecule has 9 heteroatoms. The molecular weight excluding hydrogens is 367 g/mol. The number of hydrogen-bond acceptors (Lipinski definition) is 4. The third-order valence-electron chi connectivity index (χ3n) is 2.79. The van der Waals surface area contributed by atoms with Gasteiger partial charge in [-0.1, -0.05) is 37.0 Å². The largest absolute Gasteiger partial charge is 0.348 e. The van der Waals surface area contributed by atoms with Gasteiger partial charge in [-0.2, -0.15) is 5.10 Å². The van der Waals surface area contributed by atoms with Gasteiger partial charge >= 0.3 is 11.8 Å². The predicted octanol–water partition coefficient (Wildman–Crippen LogP) is 2.59. The second kappa shape index (κ2) is 10.0. The van der Waals surface area contributed by atoms with Gasteiger partial charge in [0.15, 0.2) is 0 Å². The van der Waals surface area contributed by atoms with Crippen molar-refractivity contribution in [2.75, 3.05) is 11.9 Å². The first-order chi connectivity index (χ1) is 11.7. The lowest BCUT2D eigenvalue weighted by molar-refractivity contribution is -0.139. The molecule has 0 unspecified atom stereocenters. The van der Waals surface area contributed by atoms with Gasteiger partial charge in [-0.15, -0.1) is 0 Å². The molecule has 0 saturated heterocycles. The molecule has 136 valence electrons. The van der Waals surface area contributed by atoms with Crippen LogP contribution in [0.4, 0.5) is 5.69 Å². The Bertz CT molecular complexity index is 670. The van der Waals surface area contributed by atoms with Crippen LogP contribution in [0, 0.1) is 5.92 Å². The van der Waals surface area contributed by atoms with Crippen molar-refractivity contribution in [3.8, 4) is 0 Å². The number of nitrogens with one attached hydrogen (secondary N) is 3. The number of anilines is 1. The fourth-order valence-electron chi connectivity index (χ4n) is 1.68. The minimum absolute atomic E-state index is 0.0714. The van der Waals surface area contributed by atoms with E-state index in [1.165, 1.54) is 0 Å². The van der Waals surface area contributed by atoms with E-state index in [4.69, 9.17) is 23.2 Å². The lowest BCUT2D eigenvalue weighted by Gasteiger charge is -2.07. The number of nitrogens with zero attached hydrogens (tertiary/aromatic N) is 1. The Hall–Kier alpha value is -2.12. The van der Waals surface area contributed by atoms with Gasteiger partial charge in [-0.05, 0) is 31.0 Å². The van der Waals surface area contributed by atoms with Crippen molar-refractivity contribution in [1.82, 2.24) is 10.7 Å². The van der Waals surface area contributed by atoms with Crippen LogP contribution in [0.5, 0.6) is 0 Å². The first-order valence-electron chi connectivity index (χ1n) is 7.54. The van der Waals surface area contributed by atoms with Crippen LogP contribution in [0.1, 0.15) is 27.2 Å². The number of carbonyl (C=O) groups is 3. The summed E-state index contributed by atoms with van der Waals surface area (Å²) in [5.74, 6) is -1.80. The van der Waals surface area contributed by atoms with Crippen molar-refractivity contribution in [1.29, 1.82) is 0 Å². The van der Waals surface area contributed by atoms with Crippen molar-refractivity contribution in [2.24, 2.45) is 11.0 Å². The zero-order chi connectivity index (χ0) is 19.0. The Labute approximate surface area is 156 Å². The summed E-state index contributed by atoms with van der Waals surface area (Å²) < 4.78 is 0. The Balaban J connectivity index is 2.49. The minimum Gasteiger partial charge on any atom is -0.348 e. The summed E-state index contributed by atoms with van der Waals surface area (Å²) in [5, 5.41) is 9.61. The van der Waals surface area contributed by atoms with Crippen molar-refractivity contribution in [3.05, 3.63) is 28.2 Å². The molecule has 0 spiro atoms. The fraction of sp³-hybridized carbons (Fsp3) is 0.375. The molecule has 0 atom stereocenters. The molecule has 0 aromatic heterocycles. The maximum atomic E-state index is 11.9. The van der Waals surface area contributed by atoms with E-state index in [1.807, 2.05) is 13.8 Å². The molecule has 0 aliphatic heterocycles. The zero-order valence-electron chi connectivity index (χ0n) is 14.2. The Morgan fingerprint density at radius 2 is 1.68 bits per heavy atom. The standard InChI is InChI=1S/C16H20Cl2N4O3/c1-9(2)8-19-15(24)16(25)22-21-10(3)4-14(23)20-13-6-11(17)5-12(18)7-13/h5-7,9H,4,8H2,1-3H3,(H,19,24)(H,20,23)(H,22,25)/b21-10+. The summed E-state index contributed by atoms with van der Waals surface area (Å²) >= 11 is 11.7. The molecule has 3 amide bonds. The second-order valence-corrected chi connectivity index (χ2v) is 6.65. The molecule has 0 bridgehead atoms. The monoisotopic (exact) mass is 386 g/mol. The van der Waals surface area contributed by atoms with Crippen LogP contribution in [0.25, 0.3) is 0 Å². The summed E-state index contributed by atoms with van der Waals surface area (Å²) in [6, 6.07) is 4.66. The number of benzene rings is 1. The van der Waals surface area contributed by atoms with Crippen molar-refractivity contribution < 1.29 is 14.4 Å². The van der Waals surface area contributed by atoms with E-state index in [0.717, 1.165) is 0 Å². The van der Waals surface area contributed by atoms with E-state index in [1.54, 1.807) is 25.1 Å². The van der Waals surface area contributed by atoms with E-state index < -0.39 is 11.8 Å². The molecule has 0 aliphatic carbocycles. The van der Waals surface area contributed by atoms with Crippen LogP contribution in [-0.2, 0) is 14.4 Å². The van der Waals surface area contributed by atoms with Crippen molar-refractivity contribution in [3.63, 3.8) is 0 Å². The van der Waals surface area contributed by atoms with Gasteiger partial charge in [0.2, 0.25) is 5.91 Å². The second-order valence-electron chi connectivity index (χ2n) is 5.77. The quantitative estimate of drug-likeness (QED) is 0.397. The van der Waals surface area contributed by atoms with Crippen LogP contribution < -0.4 is 16.1 Å². The fourth-order valence-corrected chi connectivity index (χ4v) is 2.20. The molecule has 25 heavy (non-hydrogen) atoms. The highest BCUT2D eigenvalue weighted by Gasteiger charge is 2.13. The summed E-state index contributed by atoms with van der Waals surface area (Å²) in [7, 11) is 0. The topological polar surface area (TPSA) is 99.7 Å². The van der Waals surface area contributed by atoms with E-state index in [2.05, 4.69) is 21.2 Å². The molecule has 1 aromatic carbocycles. The maximum absolute atomic E-state index is 11.9. The minimum atomic E-state index is -0.887. The van der Waals surface area contributed by atoms with Gasteiger partial charge in [0.05, 0.1) is 6.42 Å². The van der Waals surface area contributed by atoms with Crippen LogP contribution in [0.3, 0.4) is 0 Å². The van der Waals surface area contributed by atoms with E-state index in [0.29, 0.717) is 28.0 Å². The lowest BCUT2D eigenvalue weighted by Crippen LogP contribution is -2.39. The molecule has 1 rings (SSSR count). The van der Waals surface area contributed by atoms with Crippen LogP contribution in [0.2, 0.25) is 10.0 Å². The van der Waals surface area contributed by atoms with Gasteiger partial charge < -0.3 is 10.6 Å². The summed E-state index contributed by atoms with van der Waals surface area (Å²) in [4.78, 5) is 35.0. The number of rotatable bonds is 6. The molecule has 0 aliphatic rings. The van der Waals surface area contributed by atoms with Crippen LogP contribution >= 0.6 is 23.2 Å². The first kappa shape index (κ1) is 20.9. The normalized spacial score (nSPS) is 11.2. The predicted molar refractivity (Wildman–Crippen MR) is 98.8 cm³/mol. The highest BCUT2D eigenvalue weighted by molar-refractivity contribution is 6.35. The van der Waals surface area contributed by atoms with Crippen LogP contribution in [-0.4, -0.2) is 30.0 Å². The molecule has 1 aromatic rings. The number of hydrazone groups is 1. The summed E-state index contributed by atoms with van der Waals surface area (Å²) in [6.45, 7) is 5.76. The van der Waals surface area contributed by atoms with Crippen molar-refractivity contribution >= 4 is 52.3 Å². The zero-order valence-corrected chi connectivity index (χ0v) is 15.7. The van der Waals surface area contributed by atoms with E-state index in [9.17, 15) is 14.4 Å². The summed E-state index contributed by atoms with van der Waals surface area (Å²) in [6.07, 6.45) is -0.0714. The number of hydrogen-bond donors (Lipinski definition) is 3. The maximum Gasteiger partial charge on any atom is 0.329 e. The lowest BCUT2D eigenvalue weighted by atomic mass is 10.2. The third-order valence-corrected chi connectivity index (χ3v) is 3.22. The summed E-state index contributed by atoms with van der Waals surface area (Å²) in [5.41, 5.74) is 2.89. The Kier molecular flexibility index (Phi) is 8.37. The van der Waals surface area contributed by atoms with Crippen LogP contribution in [0.15, 0.2) is 23.3 Å². The van der Waals surface area contributed by atoms with Gasteiger partial charge in [-0.25, -0.2) is 5.43 Å². The molecule has 0 saturated carbocycles. The molecule has 0 heterocycles. The number of halogens is 2. The molecule has 0 radical (unpaired) electrons. The average molecular weight is 387 g/mol. The SMILES string of the molecule is C/C(CC(=O)Nc1cc(Cl)cc(Cl)c1)=N\NC(=O)C(=O)NCC(C)C. The van der Waals surface area contributed by atoms with Gasteiger partial charge in [0.1, 0.15) is 0 Å². The highest BCUT2D eigenvalue weighted by Crippen LogP contribution is 2.22. The number of amides is 3. The van der Waals surface area contributed by atoms with Crippen molar-refractivity contribution in [2.45, 2.75) is 27.2 Å². The van der Waals surface area contributed by atoms with Gasteiger partial charge in [0.25, 0.3) is 0 Å². The Morgan fingerprint density at radius 3 is 2.24 bits per heavy atom. The molecule has 3 N–H and O–H groups in total. The molecular formula is C16H20Cl2N4O3. The Morgan fingerprint density at radius 1 is 1.08 bits per heavy atom. The highest BCUT2D eigenvalue weighted by atomic mass is 35.5. The molecule has 0 fully saturated rings. The average Bonchev–Trinajstić information content (AvgIpc) is 2.48. The van der Waals surface area contributed by atoms with Gasteiger partial charge in [0, 0.05) is 28.0 Å². The third kappa shape index (κ3) is 8.51. The number of carbonyl (C=O) groups excluding carboxylic acids is 3.